The summed E-state index contributed by atoms with van der Waals surface area (Å²) in [6.45, 7) is 0. The van der Waals surface area contributed by atoms with E-state index in [9.17, 15) is 0 Å². The zero-order valence-corrected chi connectivity index (χ0v) is 10.4. The monoisotopic (exact) mass is 247 g/mol. The van der Waals surface area contributed by atoms with Gasteiger partial charge in [0.15, 0.2) is 11.4 Å². The van der Waals surface area contributed by atoms with Crippen LogP contribution in [0.25, 0.3) is 11.1 Å². The van der Waals surface area contributed by atoms with Crippen LogP contribution >= 0.6 is 0 Å². The molecule has 88 valence electrons. The van der Waals surface area contributed by atoms with E-state index in [4.69, 9.17) is 4.74 Å². The van der Waals surface area contributed by atoms with Crippen LogP contribution in [0, 0.1) is 0 Å². The van der Waals surface area contributed by atoms with Crippen molar-refractivity contribution < 1.29 is 22.9 Å². The molecule has 2 aromatic carbocycles. The van der Waals surface area contributed by atoms with Crippen molar-refractivity contribution in [2.75, 3.05) is 7.11 Å². The summed E-state index contributed by atoms with van der Waals surface area (Å²) >= 11 is 0. The molecule has 0 spiro atoms. The van der Waals surface area contributed by atoms with Crippen molar-refractivity contribution in [2.24, 2.45) is 0 Å². The van der Waals surface area contributed by atoms with Crippen LogP contribution < -0.4 is 22.9 Å². The molecule has 0 aliphatic heterocycles. The predicted molar refractivity (Wildman–Crippen MR) is 63.8 cm³/mol. The first kappa shape index (κ1) is 12.0. The van der Waals surface area contributed by atoms with Gasteiger partial charge in [-0.1, -0.05) is 24.3 Å². The maximum absolute atomic E-state index is 5.46. The third-order valence-corrected chi connectivity index (χ3v) is 3.22. The van der Waals surface area contributed by atoms with Crippen LogP contribution in [0.2, 0.25) is 0 Å². The van der Waals surface area contributed by atoms with E-state index in [1.54, 1.807) is 7.11 Å². The summed E-state index contributed by atoms with van der Waals surface area (Å²) in [5, 5.41) is 0. The number of rotatable bonds is 1. The summed E-state index contributed by atoms with van der Waals surface area (Å²) in [5.74, 6) is 0.939. The molecule has 17 heavy (non-hydrogen) atoms. The lowest BCUT2D eigenvalue weighted by Crippen LogP contribution is -3.00. The molecular weight excluding hydrogens is 234 g/mol. The van der Waals surface area contributed by atoms with Crippen LogP contribution in [0.3, 0.4) is 0 Å². The Bertz CT molecular complexity index is 566. The highest BCUT2D eigenvalue weighted by Gasteiger charge is 2.23. The molecule has 0 saturated carbocycles. The van der Waals surface area contributed by atoms with Crippen molar-refractivity contribution in [2.45, 2.75) is 6.42 Å². The smallest absolute Gasteiger partial charge is 0.183 e. The van der Waals surface area contributed by atoms with Crippen molar-refractivity contribution in [3.8, 4) is 16.9 Å². The second-order valence-corrected chi connectivity index (χ2v) is 4.12. The minimum absolute atomic E-state index is 0. The fourth-order valence-electron chi connectivity index (χ4n) is 2.49. The number of fused-ring (bicyclic) bond motifs is 3. The van der Waals surface area contributed by atoms with Crippen LogP contribution in [0.15, 0.2) is 36.4 Å². The van der Waals surface area contributed by atoms with Gasteiger partial charge < -0.3 is 22.9 Å². The highest BCUT2D eigenvalue weighted by atomic mass is 35.5. The molecule has 0 bridgehead atoms. The van der Waals surface area contributed by atoms with E-state index in [2.05, 4.69) is 36.1 Å². The van der Waals surface area contributed by atoms with E-state index < -0.39 is 0 Å². The minimum atomic E-state index is 0. The number of halogens is 1. The summed E-state index contributed by atoms with van der Waals surface area (Å²) in [4.78, 5) is 0. The van der Waals surface area contributed by atoms with E-state index in [1.807, 2.05) is 6.07 Å². The van der Waals surface area contributed by atoms with E-state index in [-0.39, 0.29) is 12.4 Å². The molecule has 0 heterocycles. The van der Waals surface area contributed by atoms with E-state index in [0.717, 1.165) is 17.9 Å². The molecule has 0 aromatic heterocycles. The van der Waals surface area contributed by atoms with Gasteiger partial charge >= 0.3 is 0 Å². The maximum atomic E-state index is 5.46. The fourth-order valence-corrected chi connectivity index (χ4v) is 2.49. The Balaban J connectivity index is 0.00000108. The molecule has 0 fully saturated rings. The molecule has 0 saturated heterocycles. The van der Waals surface area contributed by atoms with Crippen molar-refractivity contribution in [1.29, 1.82) is 0 Å². The molecule has 2 aromatic rings. The predicted octanol–water partition coefficient (Wildman–Crippen LogP) is -0.856. The highest BCUT2D eigenvalue weighted by molar-refractivity contribution is 5.81. The maximum Gasteiger partial charge on any atom is 0.183 e. The first-order valence-corrected chi connectivity index (χ1v) is 5.41. The lowest BCUT2D eigenvalue weighted by molar-refractivity contribution is -0.256. The number of ether oxygens (including phenoxy) is 1. The molecule has 0 atom stereocenters. The van der Waals surface area contributed by atoms with Gasteiger partial charge in [-0.25, -0.2) is 0 Å². The minimum Gasteiger partial charge on any atom is -1.00 e. The molecular formula is C14H14ClNO. The number of benzene rings is 2. The molecule has 0 unspecified atom stereocenters. The number of hydrogen-bond donors (Lipinski definition) is 1. The lowest BCUT2D eigenvalue weighted by Gasteiger charge is -2.07. The summed E-state index contributed by atoms with van der Waals surface area (Å²) in [6, 6.07) is 12.7. The lowest BCUT2D eigenvalue weighted by atomic mass is 10.0. The second kappa shape index (κ2) is 4.40. The largest absolute Gasteiger partial charge is 1.00 e. The Morgan fingerprint density at radius 1 is 1.06 bits per heavy atom. The first-order chi connectivity index (χ1) is 7.81. The second-order valence-electron chi connectivity index (χ2n) is 4.12. The summed E-state index contributed by atoms with van der Waals surface area (Å²) in [6.07, 6.45) is 0.956. The van der Waals surface area contributed by atoms with Gasteiger partial charge in [-0.3, -0.25) is 0 Å². The van der Waals surface area contributed by atoms with Crippen molar-refractivity contribution in [1.82, 2.24) is 0 Å². The molecule has 1 aliphatic carbocycles. The topological polar surface area (TPSA) is 36.9 Å². The summed E-state index contributed by atoms with van der Waals surface area (Å²) in [7, 11) is 1.72. The van der Waals surface area contributed by atoms with Crippen LogP contribution in [0.5, 0.6) is 5.75 Å². The van der Waals surface area contributed by atoms with E-state index in [1.165, 1.54) is 22.3 Å². The van der Waals surface area contributed by atoms with Crippen LogP contribution in [0.4, 0.5) is 5.69 Å². The number of hydrogen-bond acceptors (Lipinski definition) is 1. The normalized spacial score (nSPS) is 11.4. The van der Waals surface area contributed by atoms with E-state index >= 15 is 0 Å². The van der Waals surface area contributed by atoms with Gasteiger partial charge in [0.25, 0.3) is 0 Å². The van der Waals surface area contributed by atoms with Gasteiger partial charge in [-0.2, -0.15) is 0 Å². The van der Waals surface area contributed by atoms with Gasteiger partial charge in [0.2, 0.25) is 0 Å². The molecule has 3 N–H and O–H groups in total. The van der Waals surface area contributed by atoms with Crippen molar-refractivity contribution >= 4 is 5.69 Å². The highest BCUT2D eigenvalue weighted by Crippen LogP contribution is 2.42. The van der Waals surface area contributed by atoms with Crippen molar-refractivity contribution in [3.05, 3.63) is 47.5 Å². The summed E-state index contributed by atoms with van der Waals surface area (Å²) < 4.78 is 5.46. The van der Waals surface area contributed by atoms with Gasteiger partial charge in [-0.05, 0) is 22.8 Å². The average Bonchev–Trinajstić information content (AvgIpc) is 2.67. The zero-order valence-electron chi connectivity index (χ0n) is 9.66. The van der Waals surface area contributed by atoms with Crippen LogP contribution in [-0.4, -0.2) is 7.11 Å². The molecule has 3 heteroatoms. The zero-order chi connectivity index (χ0) is 11.1. The Morgan fingerprint density at radius 2 is 1.82 bits per heavy atom. The van der Waals surface area contributed by atoms with Crippen LogP contribution in [-0.2, 0) is 6.42 Å². The average molecular weight is 248 g/mol. The third kappa shape index (κ3) is 1.70. The van der Waals surface area contributed by atoms with Gasteiger partial charge in [0.1, 0.15) is 0 Å². The molecule has 3 rings (SSSR count). The molecule has 0 radical (unpaired) electrons. The van der Waals surface area contributed by atoms with Crippen LogP contribution in [0.1, 0.15) is 11.1 Å². The van der Waals surface area contributed by atoms with E-state index in [0.29, 0.717) is 0 Å². The fraction of sp³-hybridized carbons (Fsp3) is 0.143. The summed E-state index contributed by atoms with van der Waals surface area (Å²) in [5.41, 5.74) is 10.2. The third-order valence-electron chi connectivity index (χ3n) is 3.22. The Labute approximate surface area is 107 Å². The number of quaternary nitrogens is 1. The van der Waals surface area contributed by atoms with Gasteiger partial charge in [-0.15, -0.1) is 0 Å². The number of methoxy groups -OCH3 is 1. The van der Waals surface area contributed by atoms with Gasteiger partial charge in [0.05, 0.1) is 7.11 Å². The van der Waals surface area contributed by atoms with Gasteiger partial charge in [0, 0.05) is 18.1 Å². The van der Waals surface area contributed by atoms with Crippen molar-refractivity contribution in [3.63, 3.8) is 0 Å². The molecule has 1 aliphatic rings. The Morgan fingerprint density at radius 3 is 2.59 bits per heavy atom. The molecule has 2 nitrogen and oxygen atoms in total. The SMILES string of the molecule is COc1c([NH3+])ccc2c1Cc1ccccc1-2.[Cl-]. The Hall–Kier alpha value is -1.51. The quantitative estimate of drug-likeness (QED) is 0.597. The standard InChI is InChI=1S/C14H13NO.ClH/c1-16-14-12-8-9-4-2-3-5-10(9)11(12)6-7-13(14)15;/h2-7H,8,15H2,1H3;1H. The Kier molecular flexibility index (Phi) is 3.09. The first-order valence-electron chi connectivity index (χ1n) is 5.41. The molecule has 0 amide bonds.